The minimum Gasteiger partial charge on any atom is -0.475 e. The molecular formula is C15H11BrO4. The Morgan fingerprint density at radius 1 is 1.35 bits per heavy atom. The highest BCUT2D eigenvalue weighted by Crippen LogP contribution is 2.37. The zero-order valence-corrected chi connectivity index (χ0v) is 12.2. The Balaban J connectivity index is 2.45. The highest BCUT2D eigenvalue weighted by molar-refractivity contribution is 9.10. The van der Waals surface area contributed by atoms with E-state index in [4.69, 9.17) is 9.15 Å². The molecule has 20 heavy (non-hydrogen) atoms. The van der Waals surface area contributed by atoms with E-state index < -0.39 is 5.97 Å². The summed E-state index contributed by atoms with van der Waals surface area (Å²) < 4.78 is 11.4. The molecule has 0 fully saturated rings. The molecule has 102 valence electrons. The summed E-state index contributed by atoms with van der Waals surface area (Å²) in [7, 11) is 1.53. The van der Waals surface area contributed by atoms with Crippen LogP contribution in [0.5, 0.6) is 0 Å². The molecule has 0 spiro atoms. The van der Waals surface area contributed by atoms with Crippen molar-refractivity contribution in [3.8, 4) is 0 Å². The number of fused-ring (bicyclic) bond motifs is 2. The molecule has 2 aromatic carbocycles. The van der Waals surface area contributed by atoms with Crippen LogP contribution in [0.3, 0.4) is 0 Å². The van der Waals surface area contributed by atoms with Crippen LogP contribution in [0.4, 0.5) is 0 Å². The summed E-state index contributed by atoms with van der Waals surface area (Å²) in [5.74, 6) is -1.16. The fourth-order valence-corrected chi connectivity index (χ4v) is 3.01. The van der Waals surface area contributed by atoms with E-state index in [0.717, 1.165) is 20.6 Å². The van der Waals surface area contributed by atoms with Gasteiger partial charge < -0.3 is 14.3 Å². The molecule has 0 saturated heterocycles. The highest BCUT2D eigenvalue weighted by Gasteiger charge is 2.22. The van der Waals surface area contributed by atoms with Crippen LogP contribution in [0, 0.1) is 0 Å². The topological polar surface area (TPSA) is 59.7 Å². The number of aromatic carboxylic acids is 1. The number of benzene rings is 2. The van der Waals surface area contributed by atoms with Gasteiger partial charge in [0.2, 0.25) is 5.76 Å². The summed E-state index contributed by atoms with van der Waals surface area (Å²) in [5, 5.41) is 12.0. The van der Waals surface area contributed by atoms with Gasteiger partial charge in [-0.15, -0.1) is 0 Å². The first-order valence-electron chi connectivity index (χ1n) is 5.98. The van der Waals surface area contributed by atoms with E-state index in [0.29, 0.717) is 11.1 Å². The van der Waals surface area contributed by atoms with Crippen LogP contribution < -0.4 is 0 Å². The second kappa shape index (κ2) is 4.92. The van der Waals surface area contributed by atoms with Crippen molar-refractivity contribution in [1.82, 2.24) is 0 Å². The molecule has 0 saturated carbocycles. The lowest BCUT2D eigenvalue weighted by Gasteiger charge is -2.02. The molecule has 0 bridgehead atoms. The summed E-state index contributed by atoms with van der Waals surface area (Å²) >= 11 is 3.50. The SMILES string of the molecule is COCc1c(C(=O)O)oc2c(Br)c3ccccc3cc12. The molecule has 0 amide bonds. The van der Waals surface area contributed by atoms with E-state index in [1.807, 2.05) is 30.3 Å². The maximum atomic E-state index is 11.3. The van der Waals surface area contributed by atoms with Crippen LogP contribution in [-0.2, 0) is 11.3 Å². The summed E-state index contributed by atoms with van der Waals surface area (Å²) in [6, 6.07) is 9.73. The Morgan fingerprint density at radius 2 is 2.10 bits per heavy atom. The molecule has 0 aliphatic heterocycles. The van der Waals surface area contributed by atoms with Crippen molar-refractivity contribution in [2.24, 2.45) is 0 Å². The third-order valence-corrected chi connectivity index (χ3v) is 4.01. The van der Waals surface area contributed by atoms with Crippen molar-refractivity contribution < 1.29 is 19.1 Å². The number of hydrogen-bond acceptors (Lipinski definition) is 3. The van der Waals surface area contributed by atoms with Gasteiger partial charge in [0, 0.05) is 18.1 Å². The van der Waals surface area contributed by atoms with Gasteiger partial charge in [-0.3, -0.25) is 0 Å². The molecule has 3 rings (SSSR count). The van der Waals surface area contributed by atoms with Crippen molar-refractivity contribution in [1.29, 1.82) is 0 Å². The molecule has 0 radical (unpaired) electrons. The Kier molecular flexibility index (Phi) is 3.23. The first-order valence-corrected chi connectivity index (χ1v) is 6.77. The van der Waals surface area contributed by atoms with Gasteiger partial charge in [0.05, 0.1) is 11.1 Å². The van der Waals surface area contributed by atoms with Crippen molar-refractivity contribution in [2.75, 3.05) is 7.11 Å². The van der Waals surface area contributed by atoms with Crippen LogP contribution in [-0.4, -0.2) is 18.2 Å². The molecule has 1 aromatic heterocycles. The van der Waals surface area contributed by atoms with Crippen molar-refractivity contribution in [3.05, 3.63) is 46.1 Å². The summed E-state index contributed by atoms with van der Waals surface area (Å²) in [6.07, 6.45) is 0. The van der Waals surface area contributed by atoms with Gasteiger partial charge in [0.25, 0.3) is 0 Å². The number of carbonyl (C=O) groups is 1. The third kappa shape index (κ3) is 1.90. The van der Waals surface area contributed by atoms with Gasteiger partial charge >= 0.3 is 5.97 Å². The number of carboxylic acid groups (broad SMARTS) is 1. The lowest BCUT2D eigenvalue weighted by Crippen LogP contribution is -1.99. The molecular weight excluding hydrogens is 324 g/mol. The number of furan rings is 1. The van der Waals surface area contributed by atoms with Gasteiger partial charge in [0.1, 0.15) is 5.58 Å². The Hall–Kier alpha value is -1.85. The smallest absolute Gasteiger partial charge is 0.372 e. The predicted octanol–water partition coefficient (Wildman–Crippen LogP) is 4.19. The number of rotatable bonds is 3. The monoisotopic (exact) mass is 334 g/mol. The van der Waals surface area contributed by atoms with Crippen LogP contribution in [0.1, 0.15) is 16.1 Å². The molecule has 1 heterocycles. The average Bonchev–Trinajstić information content (AvgIpc) is 2.79. The summed E-state index contributed by atoms with van der Waals surface area (Å²) in [6.45, 7) is 0.194. The van der Waals surface area contributed by atoms with Crippen molar-refractivity contribution >= 4 is 43.6 Å². The van der Waals surface area contributed by atoms with Crippen LogP contribution in [0.2, 0.25) is 0 Å². The van der Waals surface area contributed by atoms with Gasteiger partial charge in [-0.25, -0.2) is 4.79 Å². The average molecular weight is 335 g/mol. The lowest BCUT2D eigenvalue weighted by atomic mass is 10.1. The Morgan fingerprint density at radius 3 is 2.80 bits per heavy atom. The molecule has 0 aliphatic rings. The fourth-order valence-electron chi connectivity index (χ4n) is 2.35. The van der Waals surface area contributed by atoms with Gasteiger partial charge in [0.15, 0.2) is 0 Å². The van der Waals surface area contributed by atoms with Crippen LogP contribution in [0.25, 0.3) is 21.7 Å². The standard InChI is InChI=1S/C15H11BrO4/c1-19-7-11-10-6-8-4-2-3-5-9(8)12(16)13(10)20-14(11)15(17)18/h2-6H,7H2,1H3,(H,17,18). The Labute approximate surface area is 123 Å². The number of halogens is 1. The Bertz CT molecular complexity index is 819. The largest absolute Gasteiger partial charge is 0.475 e. The molecule has 0 unspecified atom stereocenters. The molecule has 1 N–H and O–H groups in total. The number of hydrogen-bond donors (Lipinski definition) is 1. The molecule has 3 aromatic rings. The minimum absolute atomic E-state index is 0.0714. The zero-order chi connectivity index (χ0) is 14.3. The maximum Gasteiger partial charge on any atom is 0.372 e. The third-order valence-electron chi connectivity index (χ3n) is 3.23. The molecule has 5 heteroatoms. The number of carboxylic acids is 1. The van der Waals surface area contributed by atoms with E-state index in [2.05, 4.69) is 15.9 Å². The van der Waals surface area contributed by atoms with Crippen molar-refractivity contribution in [2.45, 2.75) is 6.61 Å². The van der Waals surface area contributed by atoms with Crippen LogP contribution >= 0.6 is 15.9 Å². The lowest BCUT2D eigenvalue weighted by molar-refractivity contribution is 0.0658. The second-order valence-electron chi connectivity index (χ2n) is 4.44. The summed E-state index contributed by atoms with van der Waals surface area (Å²) in [4.78, 5) is 11.3. The van der Waals surface area contributed by atoms with Crippen LogP contribution in [0.15, 0.2) is 39.2 Å². The van der Waals surface area contributed by atoms with E-state index in [9.17, 15) is 9.90 Å². The molecule has 4 nitrogen and oxygen atoms in total. The predicted molar refractivity (Wildman–Crippen MR) is 79.1 cm³/mol. The van der Waals surface area contributed by atoms with E-state index >= 15 is 0 Å². The molecule has 0 aliphatic carbocycles. The van der Waals surface area contributed by atoms with Gasteiger partial charge in [-0.2, -0.15) is 0 Å². The summed E-state index contributed by atoms with van der Waals surface area (Å²) in [5.41, 5.74) is 1.09. The van der Waals surface area contributed by atoms with Gasteiger partial charge in [-0.05, 0) is 32.8 Å². The highest BCUT2D eigenvalue weighted by atomic mass is 79.9. The molecule has 0 atom stereocenters. The fraction of sp³-hybridized carbons (Fsp3) is 0.133. The van der Waals surface area contributed by atoms with E-state index in [1.54, 1.807) is 0 Å². The van der Waals surface area contributed by atoms with E-state index in [-0.39, 0.29) is 12.4 Å². The maximum absolute atomic E-state index is 11.3. The number of ether oxygens (including phenoxy) is 1. The quantitative estimate of drug-likeness (QED) is 0.780. The van der Waals surface area contributed by atoms with Crippen molar-refractivity contribution in [3.63, 3.8) is 0 Å². The first kappa shape index (κ1) is 13.1. The van der Waals surface area contributed by atoms with Gasteiger partial charge in [-0.1, -0.05) is 24.3 Å². The first-order chi connectivity index (χ1) is 9.63. The number of methoxy groups -OCH3 is 1. The second-order valence-corrected chi connectivity index (χ2v) is 5.23. The minimum atomic E-state index is -1.09. The van der Waals surface area contributed by atoms with E-state index in [1.165, 1.54) is 7.11 Å². The normalized spacial score (nSPS) is 11.3. The zero-order valence-electron chi connectivity index (χ0n) is 10.6.